The molecule has 3 amide bonds. The summed E-state index contributed by atoms with van der Waals surface area (Å²) in [4.78, 5) is 38.8. The van der Waals surface area contributed by atoms with Crippen molar-refractivity contribution >= 4 is 75.1 Å². The minimum absolute atomic E-state index is 0.0586. The van der Waals surface area contributed by atoms with Gasteiger partial charge in [-0.1, -0.05) is 70.3 Å². The zero-order chi connectivity index (χ0) is 25.5. The van der Waals surface area contributed by atoms with Gasteiger partial charge in [0.2, 0.25) is 11.8 Å². The number of amidine groups is 1. The third kappa shape index (κ3) is 7.38. The summed E-state index contributed by atoms with van der Waals surface area (Å²) in [6.07, 6.45) is 1.47. The Bertz CT molecular complexity index is 1170. The minimum atomic E-state index is -0.692. The van der Waals surface area contributed by atoms with E-state index in [-0.39, 0.29) is 50.8 Å². The highest BCUT2D eigenvalue weighted by Gasteiger charge is 2.38. The lowest BCUT2D eigenvalue weighted by Gasteiger charge is -2.14. The van der Waals surface area contributed by atoms with E-state index < -0.39 is 17.8 Å². The standard InChI is InChI=1S/C23H21Cl3N4O4S/c1-3-8-30-22(33)19(11-20(31)27-14-6-4-13(2)5-7-14)35-23(30)29-28-21(32)12-34-18-10-16(25)15(24)9-17(18)26/h3-7,9-10,19H,1,8,11-12H2,2H3,(H,27,31)(H,28,32). The Kier molecular flexibility index (Phi) is 9.45. The van der Waals surface area contributed by atoms with Crippen LogP contribution in [-0.4, -0.2) is 46.2 Å². The molecule has 1 saturated heterocycles. The van der Waals surface area contributed by atoms with E-state index in [1.54, 1.807) is 12.1 Å². The Morgan fingerprint density at radius 1 is 1.14 bits per heavy atom. The van der Waals surface area contributed by atoms with Crippen LogP contribution in [0, 0.1) is 6.92 Å². The molecule has 2 aromatic rings. The second-order valence-electron chi connectivity index (χ2n) is 7.38. The van der Waals surface area contributed by atoms with Crippen LogP contribution in [0.5, 0.6) is 5.75 Å². The molecule has 1 heterocycles. The minimum Gasteiger partial charge on any atom is -0.482 e. The Hall–Kier alpha value is -2.72. The molecule has 0 aromatic heterocycles. The van der Waals surface area contributed by atoms with Crippen molar-refractivity contribution in [3.63, 3.8) is 0 Å². The molecule has 12 heteroatoms. The zero-order valence-corrected chi connectivity index (χ0v) is 21.6. The van der Waals surface area contributed by atoms with E-state index in [2.05, 4.69) is 22.4 Å². The van der Waals surface area contributed by atoms with Crippen molar-refractivity contribution in [2.24, 2.45) is 5.10 Å². The highest BCUT2D eigenvalue weighted by atomic mass is 35.5. The monoisotopic (exact) mass is 554 g/mol. The lowest BCUT2D eigenvalue weighted by Crippen LogP contribution is -2.35. The van der Waals surface area contributed by atoms with Crippen LogP contribution in [0.2, 0.25) is 15.1 Å². The molecule has 1 atom stereocenters. The first kappa shape index (κ1) is 26.9. The molecule has 1 unspecified atom stereocenters. The first-order chi connectivity index (χ1) is 16.7. The molecule has 8 nitrogen and oxygen atoms in total. The van der Waals surface area contributed by atoms with E-state index in [1.807, 2.05) is 19.1 Å². The fourth-order valence-corrected chi connectivity index (χ4v) is 4.64. The lowest BCUT2D eigenvalue weighted by atomic mass is 10.2. The van der Waals surface area contributed by atoms with E-state index in [0.29, 0.717) is 5.69 Å². The number of hydrogen-bond acceptors (Lipinski definition) is 6. The third-order valence-corrected chi connectivity index (χ3v) is 6.84. The third-order valence-electron chi connectivity index (χ3n) is 4.65. The summed E-state index contributed by atoms with van der Waals surface area (Å²) < 4.78 is 5.37. The number of thioether (sulfide) groups is 1. The van der Waals surface area contributed by atoms with Crippen LogP contribution >= 0.6 is 46.6 Å². The van der Waals surface area contributed by atoms with E-state index in [0.717, 1.165) is 17.3 Å². The molecule has 1 aliphatic heterocycles. The van der Waals surface area contributed by atoms with Crippen LogP contribution < -0.4 is 15.5 Å². The Labute approximate surface area is 221 Å². The molecule has 0 saturated carbocycles. The largest absolute Gasteiger partial charge is 0.482 e. The maximum absolute atomic E-state index is 12.8. The topological polar surface area (TPSA) is 100 Å². The van der Waals surface area contributed by atoms with Gasteiger partial charge < -0.3 is 10.1 Å². The van der Waals surface area contributed by atoms with Crippen molar-refractivity contribution in [3.8, 4) is 5.75 Å². The second kappa shape index (κ2) is 12.3. The Balaban J connectivity index is 1.59. The fraction of sp³-hybridized carbons (Fsp3) is 0.217. The van der Waals surface area contributed by atoms with Crippen LogP contribution in [-0.2, 0) is 14.4 Å². The Morgan fingerprint density at radius 3 is 2.51 bits per heavy atom. The number of carbonyl (C=O) groups is 3. The smallest absolute Gasteiger partial charge is 0.278 e. The number of amides is 3. The molecule has 2 aromatic carbocycles. The van der Waals surface area contributed by atoms with Gasteiger partial charge >= 0.3 is 0 Å². The molecule has 1 aliphatic rings. The molecule has 0 bridgehead atoms. The number of rotatable bonds is 9. The summed E-state index contributed by atoms with van der Waals surface area (Å²) in [5.41, 5.74) is 4.05. The van der Waals surface area contributed by atoms with Gasteiger partial charge in [0.25, 0.3) is 5.91 Å². The van der Waals surface area contributed by atoms with Crippen LogP contribution in [0.25, 0.3) is 0 Å². The highest BCUT2D eigenvalue weighted by Crippen LogP contribution is 2.34. The molecule has 35 heavy (non-hydrogen) atoms. The van der Waals surface area contributed by atoms with Gasteiger partial charge in [0, 0.05) is 24.7 Å². The zero-order valence-electron chi connectivity index (χ0n) is 18.5. The summed E-state index contributed by atoms with van der Waals surface area (Å²) in [5.74, 6) is -1.02. The van der Waals surface area contributed by atoms with Crippen LogP contribution in [0.4, 0.5) is 5.69 Å². The van der Waals surface area contributed by atoms with Gasteiger partial charge in [0.05, 0.1) is 15.1 Å². The van der Waals surface area contributed by atoms with Crippen molar-refractivity contribution in [1.82, 2.24) is 10.3 Å². The predicted molar refractivity (Wildman–Crippen MR) is 140 cm³/mol. The molecule has 184 valence electrons. The molecule has 0 aliphatic carbocycles. The van der Waals surface area contributed by atoms with E-state index in [1.165, 1.54) is 23.1 Å². The number of nitrogens with zero attached hydrogens (tertiary/aromatic N) is 2. The maximum atomic E-state index is 12.8. The number of nitrogens with one attached hydrogen (secondary N) is 2. The molecule has 2 N–H and O–H groups in total. The van der Waals surface area contributed by atoms with Crippen molar-refractivity contribution in [2.45, 2.75) is 18.6 Å². The quantitative estimate of drug-likeness (QED) is 0.261. The van der Waals surface area contributed by atoms with E-state index in [9.17, 15) is 14.4 Å². The van der Waals surface area contributed by atoms with Crippen LogP contribution in [0.15, 0.2) is 54.2 Å². The van der Waals surface area contributed by atoms with Gasteiger partial charge in [-0.05, 0) is 25.1 Å². The number of hydrazone groups is 1. The van der Waals surface area contributed by atoms with E-state index >= 15 is 0 Å². The number of halogens is 3. The molecule has 1 fully saturated rings. The molecular formula is C23H21Cl3N4O4S. The average molecular weight is 556 g/mol. The number of anilines is 1. The number of hydrogen-bond donors (Lipinski definition) is 2. The molecule has 0 spiro atoms. The van der Waals surface area contributed by atoms with E-state index in [4.69, 9.17) is 39.5 Å². The van der Waals surface area contributed by atoms with Gasteiger partial charge in [-0.2, -0.15) is 0 Å². The van der Waals surface area contributed by atoms with Crippen molar-refractivity contribution in [3.05, 3.63) is 69.7 Å². The lowest BCUT2D eigenvalue weighted by molar-refractivity contribution is -0.128. The summed E-state index contributed by atoms with van der Waals surface area (Å²) in [6.45, 7) is 5.36. The molecule has 0 radical (unpaired) electrons. The summed E-state index contributed by atoms with van der Waals surface area (Å²) in [6, 6.07) is 10.1. The molecule has 3 rings (SSSR count). The second-order valence-corrected chi connectivity index (χ2v) is 9.77. The average Bonchev–Trinajstić information content (AvgIpc) is 3.10. The van der Waals surface area contributed by atoms with Gasteiger partial charge in [-0.25, -0.2) is 5.43 Å². The normalized spacial score (nSPS) is 16.3. The summed E-state index contributed by atoms with van der Waals surface area (Å²) in [5, 5.41) is 7.04. The van der Waals surface area contributed by atoms with Gasteiger partial charge in [0.1, 0.15) is 11.0 Å². The van der Waals surface area contributed by atoms with Crippen LogP contribution in [0.1, 0.15) is 12.0 Å². The first-order valence-electron chi connectivity index (χ1n) is 10.3. The number of carbonyl (C=O) groups excluding carboxylic acids is 3. The van der Waals surface area contributed by atoms with Crippen molar-refractivity contribution < 1.29 is 19.1 Å². The van der Waals surface area contributed by atoms with Gasteiger partial charge in [0.15, 0.2) is 11.8 Å². The summed E-state index contributed by atoms with van der Waals surface area (Å²) in [7, 11) is 0. The van der Waals surface area contributed by atoms with Gasteiger partial charge in [-0.3, -0.25) is 19.3 Å². The van der Waals surface area contributed by atoms with Crippen molar-refractivity contribution in [2.75, 3.05) is 18.5 Å². The van der Waals surface area contributed by atoms with Crippen molar-refractivity contribution in [1.29, 1.82) is 0 Å². The SMILES string of the molecule is C=CCN1C(=O)C(CC(=O)Nc2ccc(C)cc2)SC1=NNC(=O)COc1cc(Cl)c(Cl)cc1Cl. The maximum Gasteiger partial charge on any atom is 0.278 e. The van der Waals surface area contributed by atoms with Crippen LogP contribution in [0.3, 0.4) is 0 Å². The number of ether oxygens (including phenoxy) is 1. The highest BCUT2D eigenvalue weighted by molar-refractivity contribution is 8.15. The first-order valence-corrected chi connectivity index (χ1v) is 12.3. The number of aryl methyl sites for hydroxylation is 1. The predicted octanol–water partition coefficient (Wildman–Crippen LogP) is 4.88. The fourth-order valence-electron chi connectivity index (χ4n) is 2.94. The summed E-state index contributed by atoms with van der Waals surface area (Å²) >= 11 is 18.9. The van der Waals surface area contributed by atoms with Gasteiger partial charge in [-0.15, -0.1) is 11.7 Å². The molecular weight excluding hydrogens is 535 g/mol. The number of benzene rings is 2. The Morgan fingerprint density at radius 2 is 1.83 bits per heavy atom.